The number of rotatable bonds is 9. The Morgan fingerprint density at radius 2 is 1.74 bits per heavy atom. The minimum atomic E-state index is -4.01. The van der Waals surface area contributed by atoms with E-state index in [9.17, 15) is 17.6 Å². The third kappa shape index (κ3) is 5.85. The van der Waals surface area contributed by atoms with Crippen LogP contribution in [0.3, 0.4) is 0 Å². The predicted octanol–water partition coefficient (Wildman–Crippen LogP) is 4.27. The number of benzene rings is 3. The summed E-state index contributed by atoms with van der Waals surface area (Å²) in [6.07, 6.45) is 0.591. The lowest BCUT2D eigenvalue weighted by atomic mass is 10.1. The normalized spacial score (nSPS) is 11.1. The molecule has 0 atom stereocenters. The fourth-order valence-corrected chi connectivity index (χ4v) is 4.39. The number of hydrogen-bond acceptors (Lipinski definition) is 5. The van der Waals surface area contributed by atoms with Gasteiger partial charge in [-0.05, 0) is 66.9 Å². The Balaban J connectivity index is 1.69. The molecule has 7 nitrogen and oxygen atoms in total. The molecule has 0 fully saturated rings. The van der Waals surface area contributed by atoms with Gasteiger partial charge < -0.3 is 14.4 Å². The molecular weight excluding hydrogens is 459 g/mol. The standard InChI is InChI=1S/C25H27FN2O5S/c1-17-8-10-21(16-22(17)26)34(30,31)27-20-7-5-6-19(15-20)25(29)28(2)13-12-18-9-11-23(32-3)24(14-18)33-4/h5-11,14-16,27H,12-13H2,1-4H3. The highest BCUT2D eigenvalue weighted by atomic mass is 32.2. The first-order chi connectivity index (χ1) is 16.1. The number of likely N-dealkylation sites (N-methyl/N-ethyl adjacent to an activating group) is 1. The van der Waals surface area contributed by atoms with Crippen LogP contribution >= 0.6 is 0 Å². The molecule has 0 aromatic heterocycles. The highest BCUT2D eigenvalue weighted by molar-refractivity contribution is 7.92. The Labute approximate surface area is 199 Å². The van der Waals surface area contributed by atoms with Gasteiger partial charge >= 0.3 is 0 Å². The van der Waals surface area contributed by atoms with Crippen LogP contribution in [0.1, 0.15) is 21.5 Å². The van der Waals surface area contributed by atoms with Crippen LogP contribution in [0, 0.1) is 12.7 Å². The van der Waals surface area contributed by atoms with Gasteiger partial charge in [-0.15, -0.1) is 0 Å². The van der Waals surface area contributed by atoms with E-state index in [4.69, 9.17) is 9.47 Å². The molecule has 3 aromatic carbocycles. The van der Waals surface area contributed by atoms with Crippen LogP contribution in [0.4, 0.5) is 10.1 Å². The Hall–Kier alpha value is -3.59. The first-order valence-corrected chi connectivity index (χ1v) is 12.0. The number of nitrogens with one attached hydrogen (secondary N) is 1. The molecule has 180 valence electrons. The zero-order valence-corrected chi connectivity index (χ0v) is 20.3. The molecule has 0 aliphatic rings. The van der Waals surface area contributed by atoms with Crippen molar-refractivity contribution in [1.29, 1.82) is 0 Å². The van der Waals surface area contributed by atoms with E-state index < -0.39 is 15.8 Å². The molecule has 3 aromatic rings. The summed E-state index contributed by atoms with van der Waals surface area (Å²) in [4.78, 5) is 14.3. The Bertz CT molecular complexity index is 1290. The maximum Gasteiger partial charge on any atom is 0.261 e. The zero-order valence-electron chi connectivity index (χ0n) is 19.5. The third-order valence-corrected chi connectivity index (χ3v) is 6.72. The van der Waals surface area contributed by atoms with E-state index in [2.05, 4.69) is 4.72 Å². The van der Waals surface area contributed by atoms with Crippen LogP contribution in [0.2, 0.25) is 0 Å². The molecule has 0 radical (unpaired) electrons. The van der Waals surface area contributed by atoms with Crippen molar-refractivity contribution in [1.82, 2.24) is 4.90 Å². The second-order valence-electron chi connectivity index (χ2n) is 7.76. The summed E-state index contributed by atoms with van der Waals surface area (Å²) in [5.74, 6) is 0.372. The number of ether oxygens (including phenoxy) is 2. The molecule has 1 N–H and O–H groups in total. The third-order valence-electron chi connectivity index (χ3n) is 5.35. The molecular formula is C25H27FN2O5S. The fraction of sp³-hybridized carbons (Fsp3) is 0.240. The van der Waals surface area contributed by atoms with Crippen molar-refractivity contribution >= 4 is 21.6 Å². The molecule has 0 spiro atoms. The van der Waals surface area contributed by atoms with Crippen LogP contribution in [-0.4, -0.2) is 47.0 Å². The van der Waals surface area contributed by atoms with Gasteiger partial charge in [0.25, 0.3) is 15.9 Å². The van der Waals surface area contributed by atoms with Crippen LogP contribution < -0.4 is 14.2 Å². The molecule has 0 aliphatic carbocycles. The highest BCUT2D eigenvalue weighted by Gasteiger charge is 2.18. The summed E-state index contributed by atoms with van der Waals surface area (Å²) >= 11 is 0. The maximum atomic E-state index is 13.8. The van der Waals surface area contributed by atoms with Gasteiger partial charge in [0.1, 0.15) is 5.82 Å². The largest absolute Gasteiger partial charge is 0.493 e. The van der Waals surface area contributed by atoms with Gasteiger partial charge in [0, 0.05) is 24.8 Å². The molecule has 0 aliphatic heterocycles. The maximum absolute atomic E-state index is 13.8. The second-order valence-corrected chi connectivity index (χ2v) is 9.45. The van der Waals surface area contributed by atoms with Crippen LogP contribution in [0.25, 0.3) is 0 Å². The number of methoxy groups -OCH3 is 2. The molecule has 3 rings (SSSR count). The van der Waals surface area contributed by atoms with Crippen LogP contribution in [0.15, 0.2) is 65.6 Å². The number of aryl methyl sites for hydroxylation is 1. The lowest BCUT2D eigenvalue weighted by Crippen LogP contribution is -2.29. The summed E-state index contributed by atoms with van der Waals surface area (Å²) in [7, 11) is 0.795. The number of halogens is 1. The SMILES string of the molecule is COc1ccc(CCN(C)C(=O)c2cccc(NS(=O)(=O)c3ccc(C)c(F)c3)c2)cc1OC. The summed E-state index contributed by atoms with van der Waals surface area (Å²) in [5.41, 5.74) is 1.86. The van der Waals surface area contributed by atoms with E-state index in [1.807, 2.05) is 18.2 Å². The molecule has 1 amide bonds. The summed E-state index contributed by atoms with van der Waals surface area (Å²) in [6, 6.07) is 15.5. The predicted molar refractivity (Wildman–Crippen MR) is 129 cm³/mol. The van der Waals surface area contributed by atoms with Gasteiger partial charge in [0.2, 0.25) is 0 Å². The molecule has 9 heteroatoms. The molecule has 0 saturated carbocycles. The fourth-order valence-electron chi connectivity index (χ4n) is 3.33. The minimum absolute atomic E-state index is 0.195. The van der Waals surface area contributed by atoms with Gasteiger partial charge in [-0.3, -0.25) is 9.52 Å². The summed E-state index contributed by atoms with van der Waals surface area (Å²) in [5, 5.41) is 0. The van der Waals surface area contributed by atoms with Crippen molar-refractivity contribution < 1.29 is 27.1 Å². The Morgan fingerprint density at radius 3 is 2.41 bits per heavy atom. The average molecular weight is 487 g/mol. The van der Waals surface area contributed by atoms with E-state index >= 15 is 0 Å². The molecule has 0 unspecified atom stereocenters. The van der Waals surface area contributed by atoms with E-state index in [0.29, 0.717) is 35.6 Å². The van der Waals surface area contributed by atoms with E-state index in [1.165, 1.54) is 24.3 Å². The van der Waals surface area contributed by atoms with E-state index in [0.717, 1.165) is 11.6 Å². The van der Waals surface area contributed by atoms with E-state index in [1.54, 1.807) is 45.2 Å². The zero-order chi connectivity index (χ0) is 24.9. The smallest absolute Gasteiger partial charge is 0.261 e. The monoisotopic (exact) mass is 486 g/mol. The van der Waals surface area contributed by atoms with Gasteiger partial charge in [-0.25, -0.2) is 12.8 Å². The van der Waals surface area contributed by atoms with Crippen molar-refractivity contribution in [3.63, 3.8) is 0 Å². The first-order valence-electron chi connectivity index (χ1n) is 10.5. The Kier molecular flexibility index (Phi) is 7.78. The number of anilines is 1. The number of hydrogen-bond donors (Lipinski definition) is 1. The minimum Gasteiger partial charge on any atom is -0.493 e. The lowest BCUT2D eigenvalue weighted by Gasteiger charge is -2.18. The van der Waals surface area contributed by atoms with Crippen LogP contribution in [-0.2, 0) is 16.4 Å². The number of carbonyl (C=O) groups excluding carboxylic acids is 1. The van der Waals surface area contributed by atoms with Gasteiger partial charge in [-0.2, -0.15) is 0 Å². The number of carbonyl (C=O) groups is 1. The molecule has 0 saturated heterocycles. The molecule has 0 bridgehead atoms. The molecule has 0 heterocycles. The second kappa shape index (κ2) is 10.6. The van der Waals surface area contributed by atoms with E-state index in [-0.39, 0.29) is 16.5 Å². The van der Waals surface area contributed by atoms with Gasteiger partial charge in [0.05, 0.1) is 19.1 Å². The topological polar surface area (TPSA) is 84.9 Å². The highest BCUT2D eigenvalue weighted by Crippen LogP contribution is 2.28. The van der Waals surface area contributed by atoms with Crippen LogP contribution in [0.5, 0.6) is 11.5 Å². The Morgan fingerprint density at radius 1 is 1.00 bits per heavy atom. The first kappa shape index (κ1) is 25.0. The van der Waals surface area contributed by atoms with Crippen molar-refractivity contribution in [3.05, 3.63) is 83.2 Å². The van der Waals surface area contributed by atoms with Crippen molar-refractivity contribution in [2.45, 2.75) is 18.2 Å². The van der Waals surface area contributed by atoms with Gasteiger partial charge in [0.15, 0.2) is 11.5 Å². The number of amides is 1. The van der Waals surface area contributed by atoms with Crippen molar-refractivity contribution in [2.75, 3.05) is 32.5 Å². The number of nitrogens with zero attached hydrogens (tertiary/aromatic N) is 1. The molecule has 34 heavy (non-hydrogen) atoms. The average Bonchev–Trinajstić information content (AvgIpc) is 2.83. The lowest BCUT2D eigenvalue weighted by molar-refractivity contribution is 0.0796. The van der Waals surface area contributed by atoms with Crippen molar-refractivity contribution in [2.24, 2.45) is 0 Å². The summed E-state index contributed by atoms with van der Waals surface area (Å²) < 4.78 is 52.1. The quantitative estimate of drug-likeness (QED) is 0.488. The number of sulfonamides is 1. The van der Waals surface area contributed by atoms with Gasteiger partial charge in [-0.1, -0.05) is 18.2 Å². The van der Waals surface area contributed by atoms with Crippen molar-refractivity contribution in [3.8, 4) is 11.5 Å². The summed E-state index contributed by atoms with van der Waals surface area (Å²) in [6.45, 7) is 1.99.